The summed E-state index contributed by atoms with van der Waals surface area (Å²) in [6.45, 7) is 3.35. The van der Waals surface area contributed by atoms with Gasteiger partial charge in [0.2, 0.25) is 0 Å². The molecule has 2 bridgehead atoms. The number of fused-ring (bicyclic) bond motifs is 4. The number of methoxy groups -OCH3 is 1. The zero-order chi connectivity index (χ0) is 39.4. The lowest BCUT2D eigenvalue weighted by Gasteiger charge is -2.58. The molecule has 4 nitrogen and oxygen atoms in total. The molecule has 0 aliphatic carbocycles. The Balaban J connectivity index is 0.00000580. The molecule has 5 atom stereocenters. The molecule has 0 saturated carbocycles. The molecule has 3 aromatic carbocycles. The lowest BCUT2D eigenvalue weighted by atomic mass is 9.71. The third kappa shape index (κ3) is 8.93. The molecule has 0 N–H and O–H groups in total. The molecule has 0 spiro atoms. The molecule has 3 aliphatic rings. The maximum absolute atomic E-state index is 14.0. The van der Waals surface area contributed by atoms with E-state index in [0.717, 1.165) is 0 Å². The van der Waals surface area contributed by atoms with E-state index in [1.54, 1.807) is 30.3 Å². The van der Waals surface area contributed by atoms with Gasteiger partial charge in [-0.3, -0.25) is 4.98 Å². The summed E-state index contributed by atoms with van der Waals surface area (Å²) in [5.41, 5.74) is -5.93. The predicted molar refractivity (Wildman–Crippen MR) is 173 cm³/mol. The summed E-state index contributed by atoms with van der Waals surface area (Å²) in [6.07, 6.45) is -17.7. The van der Waals surface area contributed by atoms with Crippen molar-refractivity contribution in [3.05, 3.63) is 118 Å². The number of halogens is 13. The second-order valence-electron chi connectivity index (χ2n) is 13.9. The number of piperidine rings is 3. The third-order valence-electron chi connectivity index (χ3n) is 10.5. The first-order chi connectivity index (χ1) is 25.1. The molecule has 55 heavy (non-hydrogen) atoms. The number of quaternary nitrogens is 1. The highest BCUT2D eigenvalue weighted by atomic mass is 79.9. The highest BCUT2D eigenvalue weighted by Gasteiger charge is 2.55. The molecule has 3 fully saturated rings. The van der Waals surface area contributed by atoms with Gasteiger partial charge in [-0.25, -0.2) is 0 Å². The lowest BCUT2D eigenvalue weighted by Crippen LogP contribution is -3.00. The summed E-state index contributed by atoms with van der Waals surface area (Å²) in [5.74, 6) is 0.127. The Morgan fingerprint density at radius 3 is 1.84 bits per heavy atom. The first-order valence-corrected chi connectivity index (χ1v) is 16.7. The van der Waals surface area contributed by atoms with Crippen LogP contribution in [-0.4, -0.2) is 35.7 Å². The topological polar surface area (TPSA) is 31.4 Å². The van der Waals surface area contributed by atoms with E-state index in [0.29, 0.717) is 59.3 Å². The Labute approximate surface area is 318 Å². The van der Waals surface area contributed by atoms with Crippen LogP contribution in [0.2, 0.25) is 0 Å². The van der Waals surface area contributed by atoms with Crippen molar-refractivity contribution in [2.75, 3.05) is 20.2 Å². The van der Waals surface area contributed by atoms with Crippen molar-refractivity contribution in [1.82, 2.24) is 4.98 Å². The fourth-order valence-corrected chi connectivity index (χ4v) is 8.06. The van der Waals surface area contributed by atoms with Crippen molar-refractivity contribution >= 4 is 10.9 Å². The Hall–Kier alpha value is -3.83. The molecule has 4 aromatic rings. The Morgan fingerprint density at radius 2 is 1.33 bits per heavy atom. The van der Waals surface area contributed by atoms with Crippen molar-refractivity contribution in [3.63, 3.8) is 0 Å². The van der Waals surface area contributed by atoms with E-state index in [-0.39, 0.29) is 70.6 Å². The van der Waals surface area contributed by atoms with Gasteiger partial charge in [-0.2, -0.15) is 52.7 Å². The quantitative estimate of drug-likeness (QED) is 0.0968. The van der Waals surface area contributed by atoms with Gasteiger partial charge in [0.05, 0.1) is 54.6 Å². The van der Waals surface area contributed by atoms with Gasteiger partial charge in [0.1, 0.15) is 24.4 Å². The molecule has 1 unspecified atom stereocenters. The minimum atomic E-state index is -5.13. The molecule has 7 rings (SSSR count). The van der Waals surface area contributed by atoms with Crippen LogP contribution in [0.4, 0.5) is 52.7 Å². The third-order valence-corrected chi connectivity index (χ3v) is 10.5. The van der Waals surface area contributed by atoms with E-state index >= 15 is 0 Å². The Bertz CT molecular complexity index is 1960. The smallest absolute Gasteiger partial charge is 0.416 e. The monoisotopic (exact) mass is 856 g/mol. The second kappa shape index (κ2) is 15.3. The summed E-state index contributed by atoms with van der Waals surface area (Å²) in [5, 5.41) is 0.460. The second-order valence-corrected chi connectivity index (χ2v) is 13.9. The molecule has 3 saturated heterocycles. The standard InChI is InChI=1S/C38H33F12N2O2.BrH/c1-3-23-19-52(18-21-10-25(35(39,40)41)15-26(11-21)36(42,43)44)9-7-24(23)14-33(52)34(30-6-8-51-32-5-4-29(53-2)17-31(30)32)54-20-22-12-27(37(45,46)47)16-28(13-22)38(48,49)50;/h3-6,8,10-13,15-17,23-24,33-34H,1,7,9,14,18-20H2,2H3;1H/q+1;/p-1/t23-,24-,33+,34-,52?;/m0./s1. The summed E-state index contributed by atoms with van der Waals surface area (Å²) in [7, 11) is 1.41. The van der Waals surface area contributed by atoms with Crippen LogP contribution < -0.4 is 21.7 Å². The average Bonchev–Trinajstić information content (AvgIpc) is 3.10. The highest BCUT2D eigenvalue weighted by molar-refractivity contribution is 5.84. The van der Waals surface area contributed by atoms with Crippen molar-refractivity contribution in [1.29, 1.82) is 0 Å². The molecular formula is C38H33BrF12N2O2. The van der Waals surface area contributed by atoms with Gasteiger partial charge in [0, 0.05) is 35.9 Å². The van der Waals surface area contributed by atoms with Crippen LogP contribution in [0, 0.1) is 11.8 Å². The van der Waals surface area contributed by atoms with E-state index in [4.69, 9.17) is 9.47 Å². The number of ether oxygens (including phenoxy) is 2. The number of hydrogen-bond acceptors (Lipinski definition) is 3. The molecule has 298 valence electrons. The van der Waals surface area contributed by atoms with Crippen molar-refractivity contribution in [2.24, 2.45) is 11.8 Å². The summed E-state index contributed by atoms with van der Waals surface area (Å²) >= 11 is 0. The maximum Gasteiger partial charge on any atom is 0.416 e. The van der Waals surface area contributed by atoms with Gasteiger partial charge >= 0.3 is 24.7 Å². The number of hydrogen-bond donors (Lipinski definition) is 0. The van der Waals surface area contributed by atoms with E-state index in [1.807, 2.05) is 0 Å². The number of nitrogens with zero attached hydrogens (tertiary/aromatic N) is 2. The molecule has 3 aliphatic heterocycles. The number of alkyl halides is 12. The summed E-state index contributed by atoms with van der Waals surface area (Å²) in [6, 6.07) is 8.18. The van der Waals surface area contributed by atoms with Crippen LogP contribution in [0.5, 0.6) is 5.75 Å². The fraction of sp³-hybridized carbons (Fsp3) is 0.395. The fourth-order valence-electron chi connectivity index (χ4n) is 8.06. The zero-order valence-corrected chi connectivity index (χ0v) is 30.4. The first kappa shape index (κ1) is 42.3. The van der Waals surface area contributed by atoms with E-state index in [9.17, 15) is 52.7 Å². The van der Waals surface area contributed by atoms with E-state index < -0.39 is 71.3 Å². The van der Waals surface area contributed by atoms with Crippen LogP contribution in [-0.2, 0) is 42.6 Å². The zero-order valence-electron chi connectivity index (χ0n) is 28.8. The molecule has 17 heteroatoms. The van der Waals surface area contributed by atoms with Crippen molar-refractivity contribution < 1.29 is 83.6 Å². The van der Waals surface area contributed by atoms with Gasteiger partial charge < -0.3 is 30.9 Å². The SMILES string of the molecule is C=C[C@H]1C[N+]2(Cc3cc(C(F)(F)F)cc(C(F)(F)F)c3)CC[C@H]1C[C@@H]2[C@@H](OCc1cc(C(F)(F)F)cc(C(F)(F)F)c1)c1ccnc2ccc(OC)cc12.[Br-]. The van der Waals surface area contributed by atoms with E-state index in [2.05, 4.69) is 11.6 Å². The van der Waals surface area contributed by atoms with Crippen LogP contribution >= 0.6 is 0 Å². The summed E-state index contributed by atoms with van der Waals surface area (Å²) in [4.78, 5) is 4.37. The van der Waals surface area contributed by atoms with Gasteiger partial charge in [-0.15, -0.1) is 6.58 Å². The molecule has 0 amide bonds. The summed E-state index contributed by atoms with van der Waals surface area (Å²) < 4.78 is 178. The van der Waals surface area contributed by atoms with Crippen LogP contribution in [0.15, 0.2) is 79.5 Å². The van der Waals surface area contributed by atoms with Gasteiger partial charge in [0.15, 0.2) is 0 Å². The number of aromatic nitrogens is 1. The Morgan fingerprint density at radius 1 is 0.782 bits per heavy atom. The van der Waals surface area contributed by atoms with Gasteiger partial charge in [0.25, 0.3) is 0 Å². The molecule has 0 radical (unpaired) electrons. The average molecular weight is 858 g/mol. The first-order valence-electron chi connectivity index (χ1n) is 16.7. The Kier molecular flexibility index (Phi) is 11.7. The number of rotatable bonds is 9. The lowest BCUT2D eigenvalue weighted by molar-refractivity contribution is -0.985. The molecule has 4 heterocycles. The minimum Gasteiger partial charge on any atom is -1.00 e. The van der Waals surface area contributed by atoms with Crippen LogP contribution in [0.3, 0.4) is 0 Å². The minimum absolute atomic E-state index is 0. The van der Waals surface area contributed by atoms with Crippen molar-refractivity contribution in [2.45, 2.75) is 62.8 Å². The molecule has 1 aromatic heterocycles. The van der Waals surface area contributed by atoms with Crippen LogP contribution in [0.25, 0.3) is 10.9 Å². The predicted octanol–water partition coefficient (Wildman–Crippen LogP) is 8.19. The van der Waals surface area contributed by atoms with Crippen LogP contribution in [0.1, 0.15) is 57.9 Å². The highest BCUT2D eigenvalue weighted by Crippen LogP contribution is 2.50. The van der Waals surface area contributed by atoms with Gasteiger partial charge in [-0.05, 0) is 77.7 Å². The number of pyridine rings is 1. The van der Waals surface area contributed by atoms with Gasteiger partial charge in [-0.1, -0.05) is 6.08 Å². The normalized spacial score (nSPS) is 22.3. The van der Waals surface area contributed by atoms with Crippen molar-refractivity contribution in [3.8, 4) is 5.75 Å². The van der Waals surface area contributed by atoms with E-state index in [1.165, 1.54) is 13.3 Å². The number of benzene rings is 3. The molecular weight excluding hydrogens is 824 g/mol. The maximum atomic E-state index is 14.0. The largest absolute Gasteiger partial charge is 1.00 e.